The minimum absolute atomic E-state index is 0.130. The van der Waals surface area contributed by atoms with Crippen LogP contribution in [0, 0.1) is 6.92 Å². The minimum atomic E-state index is 0.130. The molecule has 134 valence electrons. The Hall–Kier alpha value is -2.14. The summed E-state index contributed by atoms with van der Waals surface area (Å²) in [5.74, 6) is 0.619. The van der Waals surface area contributed by atoms with Crippen LogP contribution in [0.1, 0.15) is 41.3 Å². The van der Waals surface area contributed by atoms with Crippen molar-refractivity contribution in [2.45, 2.75) is 38.6 Å². The molecule has 1 atom stereocenters. The van der Waals surface area contributed by atoms with Crippen molar-refractivity contribution in [3.8, 4) is 0 Å². The van der Waals surface area contributed by atoms with E-state index in [1.807, 2.05) is 43.0 Å². The maximum atomic E-state index is 12.5. The quantitative estimate of drug-likeness (QED) is 0.909. The Morgan fingerprint density at radius 1 is 1.36 bits per heavy atom. The van der Waals surface area contributed by atoms with Crippen LogP contribution in [0.2, 0.25) is 0 Å². The van der Waals surface area contributed by atoms with Crippen LogP contribution in [0.4, 0.5) is 0 Å². The van der Waals surface area contributed by atoms with Crippen molar-refractivity contribution in [3.05, 3.63) is 52.8 Å². The fourth-order valence-corrected chi connectivity index (χ4v) is 3.33. The Morgan fingerprint density at radius 3 is 2.80 bits per heavy atom. The number of nitrogens with zero attached hydrogens (tertiary/aromatic N) is 3. The van der Waals surface area contributed by atoms with Crippen molar-refractivity contribution < 1.29 is 4.79 Å². The van der Waals surface area contributed by atoms with Gasteiger partial charge >= 0.3 is 0 Å². The van der Waals surface area contributed by atoms with Crippen LogP contribution in [-0.2, 0) is 24.8 Å². The third-order valence-corrected chi connectivity index (χ3v) is 5.01. The van der Waals surface area contributed by atoms with E-state index >= 15 is 0 Å². The van der Waals surface area contributed by atoms with Gasteiger partial charge in [0, 0.05) is 26.6 Å². The van der Waals surface area contributed by atoms with Gasteiger partial charge in [-0.3, -0.25) is 9.48 Å². The second kappa shape index (κ2) is 7.83. The van der Waals surface area contributed by atoms with Crippen LogP contribution in [-0.4, -0.2) is 40.7 Å². The van der Waals surface area contributed by atoms with Gasteiger partial charge in [0.2, 0.25) is 5.91 Å². The van der Waals surface area contributed by atoms with Crippen LogP contribution < -0.4 is 5.32 Å². The number of likely N-dealkylation sites (N-methyl/N-ethyl adjacent to an activating group) is 1. The zero-order valence-corrected chi connectivity index (χ0v) is 15.5. The first kappa shape index (κ1) is 17.7. The smallest absolute Gasteiger partial charge is 0.227 e. The lowest BCUT2D eigenvalue weighted by atomic mass is 9.96. The van der Waals surface area contributed by atoms with Crippen molar-refractivity contribution >= 4 is 5.91 Å². The highest BCUT2D eigenvalue weighted by Gasteiger charge is 2.20. The van der Waals surface area contributed by atoms with E-state index in [0.29, 0.717) is 18.9 Å². The summed E-state index contributed by atoms with van der Waals surface area (Å²) in [5, 5.41) is 8.12. The molecule has 5 heteroatoms. The first-order valence-corrected chi connectivity index (χ1v) is 9.06. The number of aromatic nitrogens is 2. The van der Waals surface area contributed by atoms with Gasteiger partial charge in [-0.1, -0.05) is 29.8 Å². The molecular weight excluding hydrogens is 312 g/mol. The molecule has 3 rings (SSSR count). The molecule has 25 heavy (non-hydrogen) atoms. The molecule has 0 saturated carbocycles. The summed E-state index contributed by atoms with van der Waals surface area (Å²) in [5.41, 5.74) is 4.50. The summed E-state index contributed by atoms with van der Waals surface area (Å²) in [4.78, 5) is 14.3. The van der Waals surface area contributed by atoms with Crippen molar-refractivity contribution in [1.29, 1.82) is 0 Å². The largest absolute Gasteiger partial charge is 0.340 e. The van der Waals surface area contributed by atoms with Gasteiger partial charge in [-0.05, 0) is 37.9 Å². The number of aryl methyl sites for hydroxylation is 2. The van der Waals surface area contributed by atoms with Crippen molar-refractivity contribution in [2.24, 2.45) is 7.05 Å². The number of carbonyl (C=O) groups is 1. The molecule has 1 N–H and O–H groups in total. The highest BCUT2D eigenvalue weighted by molar-refractivity contribution is 5.78. The zero-order chi connectivity index (χ0) is 17.8. The van der Waals surface area contributed by atoms with E-state index in [1.165, 1.54) is 18.4 Å². The maximum Gasteiger partial charge on any atom is 0.227 e. The van der Waals surface area contributed by atoms with Crippen LogP contribution >= 0.6 is 0 Å². The van der Waals surface area contributed by atoms with Crippen LogP contribution in [0.25, 0.3) is 0 Å². The Balaban J connectivity index is 1.61. The normalized spacial score (nSPS) is 17.5. The molecule has 5 nitrogen and oxygen atoms in total. The number of hydrogen-bond donors (Lipinski definition) is 1. The Bertz CT molecular complexity index is 714. The molecule has 2 heterocycles. The van der Waals surface area contributed by atoms with Crippen molar-refractivity contribution in [2.75, 3.05) is 20.1 Å². The lowest BCUT2D eigenvalue weighted by Gasteiger charge is -2.20. The lowest BCUT2D eigenvalue weighted by Crippen LogP contribution is -2.28. The topological polar surface area (TPSA) is 50.2 Å². The predicted molar refractivity (Wildman–Crippen MR) is 99.4 cm³/mol. The average Bonchev–Trinajstić information content (AvgIpc) is 2.98. The summed E-state index contributed by atoms with van der Waals surface area (Å²) in [6, 6.07) is 10.3. The second-order valence-corrected chi connectivity index (χ2v) is 7.14. The van der Waals surface area contributed by atoms with Crippen LogP contribution in [0.3, 0.4) is 0 Å². The van der Waals surface area contributed by atoms with Gasteiger partial charge in [0.1, 0.15) is 0 Å². The maximum absolute atomic E-state index is 12.5. The van der Waals surface area contributed by atoms with Crippen LogP contribution in [0.5, 0.6) is 0 Å². The lowest BCUT2D eigenvalue weighted by molar-refractivity contribution is -0.129. The van der Waals surface area contributed by atoms with Gasteiger partial charge in [0.05, 0.1) is 24.4 Å². The van der Waals surface area contributed by atoms with Crippen molar-refractivity contribution in [3.63, 3.8) is 0 Å². The molecule has 0 aliphatic carbocycles. The minimum Gasteiger partial charge on any atom is -0.340 e. The van der Waals surface area contributed by atoms with E-state index in [4.69, 9.17) is 0 Å². The van der Waals surface area contributed by atoms with E-state index < -0.39 is 0 Å². The van der Waals surface area contributed by atoms with E-state index in [9.17, 15) is 4.79 Å². The molecule has 1 aromatic heterocycles. The summed E-state index contributed by atoms with van der Waals surface area (Å²) < 4.78 is 1.92. The number of rotatable bonds is 5. The number of benzene rings is 1. The Morgan fingerprint density at radius 2 is 2.12 bits per heavy atom. The third-order valence-electron chi connectivity index (χ3n) is 5.01. The molecule has 1 aromatic carbocycles. The van der Waals surface area contributed by atoms with Gasteiger partial charge < -0.3 is 10.2 Å². The molecule has 1 saturated heterocycles. The zero-order valence-electron chi connectivity index (χ0n) is 15.5. The summed E-state index contributed by atoms with van der Waals surface area (Å²) in [7, 11) is 3.83. The van der Waals surface area contributed by atoms with Gasteiger partial charge in [0.25, 0.3) is 0 Å². The number of hydrogen-bond acceptors (Lipinski definition) is 3. The van der Waals surface area contributed by atoms with Crippen LogP contribution in [0.15, 0.2) is 30.3 Å². The third kappa shape index (κ3) is 4.48. The Kier molecular flexibility index (Phi) is 5.53. The van der Waals surface area contributed by atoms with Gasteiger partial charge in [-0.25, -0.2) is 0 Å². The Labute approximate surface area is 150 Å². The summed E-state index contributed by atoms with van der Waals surface area (Å²) in [6.45, 7) is 4.75. The first-order chi connectivity index (χ1) is 12.0. The number of nitrogens with one attached hydrogen (secondary N) is 1. The van der Waals surface area contributed by atoms with Crippen molar-refractivity contribution in [1.82, 2.24) is 20.0 Å². The van der Waals surface area contributed by atoms with E-state index in [-0.39, 0.29) is 5.91 Å². The molecule has 1 aliphatic rings. The standard InChI is InChI=1S/C20H28N4O/c1-15-6-8-16(9-7-15)11-20(25)23(2)14-18-12-19(22-24(18)3)17-5-4-10-21-13-17/h6-9,12,17,21H,4-5,10-11,13-14H2,1-3H3. The summed E-state index contributed by atoms with van der Waals surface area (Å²) in [6.07, 6.45) is 2.82. The molecule has 1 fully saturated rings. The average molecular weight is 340 g/mol. The highest BCUT2D eigenvalue weighted by atomic mass is 16.2. The monoisotopic (exact) mass is 340 g/mol. The molecule has 1 amide bonds. The first-order valence-electron chi connectivity index (χ1n) is 9.06. The number of amides is 1. The second-order valence-electron chi connectivity index (χ2n) is 7.14. The van der Waals surface area contributed by atoms with Gasteiger partial charge in [-0.2, -0.15) is 5.10 Å². The molecular formula is C20H28N4O. The molecule has 0 radical (unpaired) electrons. The number of piperidine rings is 1. The molecule has 0 bridgehead atoms. The molecule has 0 spiro atoms. The SMILES string of the molecule is Cc1ccc(CC(=O)N(C)Cc2cc(C3CCCNC3)nn2C)cc1. The summed E-state index contributed by atoms with van der Waals surface area (Å²) >= 11 is 0. The molecule has 2 aromatic rings. The molecule has 1 unspecified atom stereocenters. The number of carbonyl (C=O) groups excluding carboxylic acids is 1. The fourth-order valence-electron chi connectivity index (χ4n) is 3.33. The molecule has 1 aliphatic heterocycles. The predicted octanol–water partition coefficient (Wildman–Crippen LogP) is 2.40. The van der Waals surface area contributed by atoms with Gasteiger partial charge in [0.15, 0.2) is 0 Å². The van der Waals surface area contributed by atoms with Gasteiger partial charge in [-0.15, -0.1) is 0 Å². The highest BCUT2D eigenvalue weighted by Crippen LogP contribution is 2.23. The fraction of sp³-hybridized carbons (Fsp3) is 0.500. The van der Waals surface area contributed by atoms with E-state index in [2.05, 4.69) is 23.4 Å². The van der Waals surface area contributed by atoms with E-state index in [1.54, 1.807) is 4.90 Å². The van der Waals surface area contributed by atoms with E-state index in [0.717, 1.165) is 30.0 Å².